The quantitative estimate of drug-likeness (QED) is 0.811. The molecule has 16 heavy (non-hydrogen) atoms. The Kier molecular flexibility index (Phi) is 2.28. The minimum Gasteiger partial charge on any atom is -0.504 e. The number of primary sulfonamides is 1. The summed E-state index contributed by atoms with van der Waals surface area (Å²) in [6, 6.07) is 4.00. The van der Waals surface area contributed by atoms with Crippen molar-refractivity contribution in [1.82, 2.24) is 0 Å². The number of fused-ring (bicyclic) bond motifs is 1. The Balaban J connectivity index is 2.72. The average Bonchev–Trinajstić information content (AvgIpc) is 2.58. The van der Waals surface area contributed by atoms with Crippen molar-refractivity contribution in [2.45, 2.75) is 5.09 Å². The van der Waals surface area contributed by atoms with E-state index in [2.05, 4.69) is 0 Å². The molecule has 0 unspecified atom stereocenters. The SMILES string of the molecule is COc1cc2cc(S(N)(=O)=O)oc2cc1O. The number of benzene rings is 1. The number of ether oxygens (including phenoxy) is 1. The van der Waals surface area contributed by atoms with Crippen molar-refractivity contribution >= 4 is 21.0 Å². The van der Waals surface area contributed by atoms with Crippen LogP contribution in [-0.2, 0) is 10.0 Å². The van der Waals surface area contributed by atoms with Crippen molar-refractivity contribution in [3.8, 4) is 11.5 Å². The maximum atomic E-state index is 11.0. The van der Waals surface area contributed by atoms with E-state index in [4.69, 9.17) is 14.3 Å². The molecule has 1 aromatic carbocycles. The minimum atomic E-state index is -3.89. The molecule has 0 bridgehead atoms. The maximum absolute atomic E-state index is 11.0. The normalized spacial score (nSPS) is 11.9. The van der Waals surface area contributed by atoms with Gasteiger partial charge in [-0.3, -0.25) is 0 Å². The van der Waals surface area contributed by atoms with Gasteiger partial charge in [-0.2, -0.15) is 0 Å². The second-order valence-electron chi connectivity index (χ2n) is 3.17. The molecular formula is C9H9NO5S. The van der Waals surface area contributed by atoms with Crippen LogP contribution < -0.4 is 9.88 Å². The number of phenolic OH excluding ortho intramolecular Hbond substituents is 1. The number of methoxy groups -OCH3 is 1. The lowest BCUT2D eigenvalue weighted by atomic mass is 10.2. The fourth-order valence-electron chi connectivity index (χ4n) is 1.33. The zero-order valence-electron chi connectivity index (χ0n) is 8.30. The van der Waals surface area contributed by atoms with Gasteiger partial charge in [0.1, 0.15) is 5.58 Å². The third-order valence-electron chi connectivity index (χ3n) is 2.08. The third-order valence-corrected chi connectivity index (χ3v) is 2.84. The van der Waals surface area contributed by atoms with Gasteiger partial charge in [-0.15, -0.1) is 0 Å². The van der Waals surface area contributed by atoms with E-state index in [-0.39, 0.29) is 22.2 Å². The fourth-order valence-corrected chi connectivity index (χ4v) is 1.83. The van der Waals surface area contributed by atoms with Crippen molar-refractivity contribution in [2.24, 2.45) is 5.14 Å². The Morgan fingerprint density at radius 3 is 2.62 bits per heavy atom. The zero-order valence-corrected chi connectivity index (χ0v) is 9.11. The van der Waals surface area contributed by atoms with Gasteiger partial charge in [0.2, 0.25) is 5.09 Å². The summed E-state index contributed by atoms with van der Waals surface area (Å²) in [5.41, 5.74) is 0.224. The van der Waals surface area contributed by atoms with Crippen LogP contribution in [0.3, 0.4) is 0 Å². The lowest BCUT2D eigenvalue weighted by molar-refractivity contribution is 0.373. The standard InChI is InChI=1S/C9H9NO5S/c1-14-8-2-5-3-9(16(10,12)13)15-7(5)4-6(8)11/h2-4,11H,1H3,(H2,10,12,13). The second-order valence-corrected chi connectivity index (χ2v) is 4.66. The van der Waals surface area contributed by atoms with Gasteiger partial charge >= 0.3 is 0 Å². The monoisotopic (exact) mass is 243 g/mol. The van der Waals surface area contributed by atoms with Crippen molar-refractivity contribution in [2.75, 3.05) is 7.11 Å². The van der Waals surface area contributed by atoms with Crippen LogP contribution in [0.25, 0.3) is 11.0 Å². The van der Waals surface area contributed by atoms with Gasteiger partial charge in [0.25, 0.3) is 10.0 Å². The van der Waals surface area contributed by atoms with E-state index in [0.29, 0.717) is 5.39 Å². The molecule has 6 nitrogen and oxygen atoms in total. The highest BCUT2D eigenvalue weighted by Crippen LogP contribution is 2.33. The number of phenols is 1. The first-order valence-corrected chi connectivity index (χ1v) is 5.80. The molecule has 2 aromatic rings. The predicted molar refractivity (Wildman–Crippen MR) is 55.8 cm³/mol. The van der Waals surface area contributed by atoms with Gasteiger partial charge in [-0.25, -0.2) is 13.6 Å². The molecule has 2 rings (SSSR count). The highest BCUT2D eigenvalue weighted by molar-refractivity contribution is 7.89. The van der Waals surface area contributed by atoms with Gasteiger partial charge in [0, 0.05) is 17.5 Å². The number of rotatable bonds is 2. The Hall–Kier alpha value is -1.73. The molecule has 0 saturated heterocycles. The highest BCUT2D eigenvalue weighted by Gasteiger charge is 2.16. The first-order valence-electron chi connectivity index (χ1n) is 4.25. The zero-order chi connectivity index (χ0) is 11.9. The van der Waals surface area contributed by atoms with Crippen molar-refractivity contribution < 1.29 is 22.7 Å². The summed E-state index contributed by atoms with van der Waals surface area (Å²) in [6.45, 7) is 0. The number of furan rings is 1. The van der Waals surface area contributed by atoms with E-state index >= 15 is 0 Å². The molecule has 0 spiro atoms. The van der Waals surface area contributed by atoms with Crippen molar-refractivity contribution in [1.29, 1.82) is 0 Å². The molecule has 0 aliphatic heterocycles. The topological polar surface area (TPSA) is 103 Å². The Labute approximate surface area is 91.3 Å². The van der Waals surface area contributed by atoms with Crippen LogP contribution in [0.5, 0.6) is 11.5 Å². The Morgan fingerprint density at radius 2 is 2.06 bits per heavy atom. The van der Waals surface area contributed by atoms with Gasteiger partial charge in [0.05, 0.1) is 7.11 Å². The number of hydrogen-bond acceptors (Lipinski definition) is 5. The molecule has 0 aliphatic rings. The van der Waals surface area contributed by atoms with E-state index < -0.39 is 10.0 Å². The summed E-state index contributed by atoms with van der Waals surface area (Å²) in [6.07, 6.45) is 0. The molecule has 0 radical (unpaired) electrons. The van der Waals surface area contributed by atoms with E-state index in [1.165, 1.54) is 25.3 Å². The molecule has 0 aliphatic carbocycles. The fraction of sp³-hybridized carbons (Fsp3) is 0.111. The molecule has 7 heteroatoms. The van der Waals surface area contributed by atoms with Gasteiger partial charge < -0.3 is 14.3 Å². The largest absolute Gasteiger partial charge is 0.504 e. The molecule has 86 valence electrons. The Morgan fingerprint density at radius 1 is 1.38 bits per heavy atom. The van der Waals surface area contributed by atoms with E-state index in [9.17, 15) is 13.5 Å². The lowest BCUT2D eigenvalue weighted by Gasteiger charge is -2.01. The van der Waals surface area contributed by atoms with Crippen molar-refractivity contribution in [3.63, 3.8) is 0 Å². The van der Waals surface area contributed by atoms with Crippen LogP contribution in [0.1, 0.15) is 0 Å². The second kappa shape index (κ2) is 3.39. The van der Waals surface area contributed by atoms with Crippen LogP contribution in [-0.4, -0.2) is 20.6 Å². The van der Waals surface area contributed by atoms with Gasteiger partial charge in [-0.05, 0) is 6.07 Å². The molecule has 0 saturated carbocycles. The Bertz CT molecular complexity index is 643. The van der Waals surface area contributed by atoms with Crippen LogP contribution in [0.2, 0.25) is 0 Å². The summed E-state index contributed by atoms with van der Waals surface area (Å²) in [5, 5.41) is 14.5. The van der Waals surface area contributed by atoms with Crippen LogP contribution in [0, 0.1) is 0 Å². The summed E-state index contributed by atoms with van der Waals surface area (Å²) >= 11 is 0. The third kappa shape index (κ3) is 1.70. The first kappa shape index (κ1) is 10.8. The maximum Gasteiger partial charge on any atom is 0.271 e. The number of nitrogens with two attached hydrogens (primary N) is 1. The van der Waals surface area contributed by atoms with Crippen LogP contribution in [0.15, 0.2) is 27.7 Å². The predicted octanol–water partition coefficient (Wildman–Crippen LogP) is 0.794. The first-order chi connectivity index (χ1) is 7.41. The van der Waals surface area contributed by atoms with E-state index in [1.54, 1.807) is 0 Å². The summed E-state index contributed by atoms with van der Waals surface area (Å²) in [4.78, 5) is 0. The molecule has 0 amide bonds. The number of sulfonamides is 1. The van der Waals surface area contributed by atoms with E-state index in [0.717, 1.165) is 0 Å². The van der Waals surface area contributed by atoms with E-state index in [1.807, 2.05) is 0 Å². The molecule has 0 fully saturated rings. The summed E-state index contributed by atoms with van der Waals surface area (Å²) in [5.74, 6) is 0.0968. The van der Waals surface area contributed by atoms with Crippen molar-refractivity contribution in [3.05, 3.63) is 18.2 Å². The minimum absolute atomic E-state index is 0.134. The summed E-state index contributed by atoms with van der Waals surface area (Å²) < 4.78 is 31.9. The summed E-state index contributed by atoms with van der Waals surface area (Å²) in [7, 11) is -2.50. The molecule has 0 atom stereocenters. The molecular weight excluding hydrogens is 234 g/mol. The molecule has 3 N–H and O–H groups in total. The number of aromatic hydroxyl groups is 1. The average molecular weight is 243 g/mol. The highest BCUT2D eigenvalue weighted by atomic mass is 32.2. The van der Waals surface area contributed by atoms with Crippen LogP contribution in [0.4, 0.5) is 0 Å². The lowest BCUT2D eigenvalue weighted by Crippen LogP contribution is -2.10. The molecule has 1 aromatic heterocycles. The van der Waals surface area contributed by atoms with Crippen LogP contribution >= 0.6 is 0 Å². The smallest absolute Gasteiger partial charge is 0.271 e. The van der Waals surface area contributed by atoms with Gasteiger partial charge in [-0.1, -0.05) is 0 Å². The number of hydrogen-bond donors (Lipinski definition) is 2. The van der Waals surface area contributed by atoms with Gasteiger partial charge in [0.15, 0.2) is 11.5 Å². The molecule has 1 heterocycles.